The van der Waals surface area contributed by atoms with Gasteiger partial charge in [-0.15, -0.1) is 0 Å². The number of amides is 1. The summed E-state index contributed by atoms with van der Waals surface area (Å²) in [6.07, 6.45) is 4.39. The Bertz CT molecular complexity index is 366. The van der Waals surface area contributed by atoms with Crippen LogP contribution >= 0.6 is 0 Å². The number of aromatic nitrogens is 2. The van der Waals surface area contributed by atoms with E-state index in [4.69, 9.17) is 5.26 Å². The minimum absolute atomic E-state index is 0.348. The molecule has 14 heavy (non-hydrogen) atoms. The van der Waals surface area contributed by atoms with E-state index in [1.165, 1.54) is 18.6 Å². The van der Waals surface area contributed by atoms with Gasteiger partial charge >= 0.3 is 0 Å². The standard InChI is InChI=1S/C9H10N4O/c1-9(2,6-10)8(14)13-7-5-11-3-4-12-7/h3-5H,1-2H3,(H,12,13,14). The minimum Gasteiger partial charge on any atom is -0.308 e. The van der Waals surface area contributed by atoms with Crippen LogP contribution in [0.15, 0.2) is 18.6 Å². The fraction of sp³-hybridized carbons (Fsp3) is 0.333. The van der Waals surface area contributed by atoms with Crippen molar-refractivity contribution in [2.75, 3.05) is 5.32 Å². The fourth-order valence-corrected chi connectivity index (χ4v) is 0.687. The molecular weight excluding hydrogens is 180 g/mol. The largest absolute Gasteiger partial charge is 0.308 e. The van der Waals surface area contributed by atoms with Gasteiger partial charge in [0, 0.05) is 12.4 Å². The lowest BCUT2D eigenvalue weighted by molar-refractivity contribution is -0.121. The van der Waals surface area contributed by atoms with Crippen LogP contribution < -0.4 is 5.32 Å². The monoisotopic (exact) mass is 190 g/mol. The highest BCUT2D eigenvalue weighted by atomic mass is 16.2. The van der Waals surface area contributed by atoms with Gasteiger partial charge in [0.2, 0.25) is 5.91 Å². The normalized spacial score (nSPS) is 10.4. The van der Waals surface area contributed by atoms with Gasteiger partial charge in [0.25, 0.3) is 0 Å². The molecule has 0 atom stereocenters. The Balaban J connectivity index is 2.73. The van der Waals surface area contributed by atoms with E-state index in [0.717, 1.165) is 0 Å². The Morgan fingerprint density at radius 1 is 1.57 bits per heavy atom. The predicted molar refractivity (Wildman–Crippen MR) is 50.1 cm³/mol. The second kappa shape index (κ2) is 3.83. The van der Waals surface area contributed by atoms with Crippen LogP contribution in [0.25, 0.3) is 0 Å². The first-order chi connectivity index (χ1) is 6.56. The van der Waals surface area contributed by atoms with Crippen LogP contribution in [0.1, 0.15) is 13.8 Å². The van der Waals surface area contributed by atoms with Gasteiger partial charge in [-0.2, -0.15) is 5.26 Å². The van der Waals surface area contributed by atoms with Gasteiger partial charge in [-0.3, -0.25) is 9.78 Å². The third-order valence-corrected chi connectivity index (χ3v) is 1.65. The highest BCUT2D eigenvalue weighted by molar-refractivity contribution is 5.95. The van der Waals surface area contributed by atoms with Crippen LogP contribution in [0.5, 0.6) is 0 Å². The van der Waals surface area contributed by atoms with Gasteiger partial charge in [0.15, 0.2) is 5.82 Å². The zero-order valence-electron chi connectivity index (χ0n) is 7.98. The summed E-state index contributed by atoms with van der Waals surface area (Å²) in [6.45, 7) is 3.08. The molecule has 1 amide bonds. The third kappa shape index (κ3) is 2.26. The fourth-order valence-electron chi connectivity index (χ4n) is 0.687. The average molecular weight is 190 g/mol. The van der Waals surface area contributed by atoms with Crippen molar-refractivity contribution >= 4 is 11.7 Å². The molecule has 1 heterocycles. The molecule has 5 heteroatoms. The second-order valence-corrected chi connectivity index (χ2v) is 3.28. The Labute approximate surface area is 81.8 Å². The van der Waals surface area contributed by atoms with Crippen LogP contribution in [0.3, 0.4) is 0 Å². The summed E-state index contributed by atoms with van der Waals surface area (Å²) in [5.74, 6) is -0.0404. The van der Waals surface area contributed by atoms with Crippen molar-refractivity contribution in [2.45, 2.75) is 13.8 Å². The highest BCUT2D eigenvalue weighted by Crippen LogP contribution is 2.15. The molecule has 1 aromatic rings. The van der Waals surface area contributed by atoms with E-state index in [1.807, 2.05) is 6.07 Å². The summed E-state index contributed by atoms with van der Waals surface area (Å²) < 4.78 is 0. The lowest BCUT2D eigenvalue weighted by Crippen LogP contribution is -2.29. The summed E-state index contributed by atoms with van der Waals surface area (Å²) in [5.41, 5.74) is -1.06. The van der Waals surface area contributed by atoms with E-state index in [2.05, 4.69) is 15.3 Å². The van der Waals surface area contributed by atoms with Crippen LogP contribution in [0.2, 0.25) is 0 Å². The topological polar surface area (TPSA) is 78.7 Å². The summed E-state index contributed by atoms with van der Waals surface area (Å²) >= 11 is 0. The molecule has 0 spiro atoms. The maximum Gasteiger partial charge on any atom is 0.245 e. The van der Waals surface area contributed by atoms with Crippen LogP contribution in [-0.4, -0.2) is 15.9 Å². The second-order valence-electron chi connectivity index (χ2n) is 3.28. The summed E-state index contributed by atoms with van der Waals surface area (Å²) in [4.78, 5) is 19.1. The number of carbonyl (C=O) groups excluding carboxylic acids is 1. The van der Waals surface area contributed by atoms with Gasteiger partial charge in [-0.25, -0.2) is 4.98 Å². The quantitative estimate of drug-likeness (QED) is 0.753. The lowest BCUT2D eigenvalue weighted by Gasteiger charge is -2.13. The number of carbonyl (C=O) groups is 1. The molecule has 0 aromatic carbocycles. The van der Waals surface area contributed by atoms with E-state index in [-0.39, 0.29) is 5.91 Å². The van der Waals surface area contributed by atoms with Crippen LogP contribution in [0, 0.1) is 16.7 Å². The van der Waals surface area contributed by atoms with E-state index in [0.29, 0.717) is 5.82 Å². The van der Waals surface area contributed by atoms with Crippen molar-refractivity contribution in [3.63, 3.8) is 0 Å². The van der Waals surface area contributed by atoms with Crippen LogP contribution in [0.4, 0.5) is 5.82 Å². The molecule has 0 unspecified atom stereocenters. The first-order valence-corrected chi connectivity index (χ1v) is 4.05. The van der Waals surface area contributed by atoms with Gasteiger partial charge in [0.05, 0.1) is 12.3 Å². The molecular formula is C9H10N4O. The number of nitriles is 1. The molecule has 0 bridgehead atoms. The first kappa shape index (κ1) is 10.1. The number of anilines is 1. The van der Waals surface area contributed by atoms with Crippen molar-refractivity contribution in [2.24, 2.45) is 5.41 Å². The van der Waals surface area contributed by atoms with Gasteiger partial charge in [-0.1, -0.05) is 0 Å². The molecule has 1 N–H and O–H groups in total. The van der Waals surface area contributed by atoms with Crippen molar-refractivity contribution in [1.29, 1.82) is 5.26 Å². The number of nitrogens with one attached hydrogen (secondary N) is 1. The van der Waals surface area contributed by atoms with Crippen molar-refractivity contribution in [1.82, 2.24) is 9.97 Å². The van der Waals surface area contributed by atoms with Gasteiger partial charge in [-0.05, 0) is 13.8 Å². The maximum absolute atomic E-state index is 11.5. The Morgan fingerprint density at radius 3 is 2.79 bits per heavy atom. The Hall–Kier alpha value is -1.96. The highest BCUT2D eigenvalue weighted by Gasteiger charge is 2.27. The maximum atomic E-state index is 11.5. The summed E-state index contributed by atoms with van der Waals surface area (Å²) in [7, 11) is 0. The summed E-state index contributed by atoms with van der Waals surface area (Å²) in [6, 6.07) is 1.90. The molecule has 0 aliphatic rings. The molecule has 5 nitrogen and oxygen atoms in total. The van der Waals surface area contributed by atoms with E-state index < -0.39 is 5.41 Å². The third-order valence-electron chi connectivity index (χ3n) is 1.65. The smallest absolute Gasteiger partial charge is 0.245 e. The van der Waals surface area contributed by atoms with Crippen molar-refractivity contribution < 1.29 is 4.79 Å². The number of rotatable bonds is 2. The molecule has 1 aromatic heterocycles. The van der Waals surface area contributed by atoms with Crippen LogP contribution in [-0.2, 0) is 4.79 Å². The molecule has 0 saturated heterocycles. The summed E-state index contributed by atoms with van der Waals surface area (Å²) in [5, 5.41) is 11.2. The number of nitrogens with zero attached hydrogens (tertiary/aromatic N) is 3. The van der Waals surface area contributed by atoms with E-state index in [9.17, 15) is 4.79 Å². The molecule has 1 rings (SSSR count). The molecule has 0 aliphatic carbocycles. The molecule has 0 fully saturated rings. The Morgan fingerprint density at radius 2 is 2.29 bits per heavy atom. The zero-order chi connectivity index (χ0) is 10.6. The van der Waals surface area contributed by atoms with Gasteiger partial charge in [0.1, 0.15) is 5.41 Å². The number of hydrogen-bond donors (Lipinski definition) is 1. The predicted octanol–water partition coefficient (Wildman–Crippen LogP) is 0.965. The molecule has 0 radical (unpaired) electrons. The van der Waals surface area contributed by atoms with E-state index in [1.54, 1.807) is 13.8 Å². The molecule has 72 valence electrons. The number of hydrogen-bond acceptors (Lipinski definition) is 4. The first-order valence-electron chi connectivity index (χ1n) is 4.05. The average Bonchev–Trinajstić information content (AvgIpc) is 2.19. The molecule has 0 aliphatic heterocycles. The van der Waals surface area contributed by atoms with Crippen molar-refractivity contribution in [3.05, 3.63) is 18.6 Å². The van der Waals surface area contributed by atoms with Crippen molar-refractivity contribution in [3.8, 4) is 6.07 Å². The minimum atomic E-state index is -1.06. The Kier molecular flexibility index (Phi) is 2.77. The van der Waals surface area contributed by atoms with Gasteiger partial charge < -0.3 is 5.32 Å². The van der Waals surface area contributed by atoms with E-state index >= 15 is 0 Å². The SMILES string of the molecule is CC(C)(C#N)C(=O)Nc1cnccn1. The zero-order valence-corrected chi connectivity index (χ0v) is 7.98. The lowest BCUT2D eigenvalue weighted by atomic mass is 9.95. The molecule has 0 saturated carbocycles.